The first-order valence-corrected chi connectivity index (χ1v) is 7.94. The van der Waals surface area contributed by atoms with E-state index in [2.05, 4.69) is 24.3 Å². The molecule has 0 unspecified atom stereocenters. The number of rotatable bonds is 5. The van der Waals surface area contributed by atoms with Crippen LogP contribution in [0.2, 0.25) is 0 Å². The summed E-state index contributed by atoms with van der Waals surface area (Å²) in [6.07, 6.45) is 12.4. The molecule has 2 aliphatic rings. The summed E-state index contributed by atoms with van der Waals surface area (Å²) in [6, 6.07) is 0. The fourth-order valence-electron chi connectivity index (χ4n) is 4.34. The molecule has 0 heterocycles. The molecule has 2 aliphatic carbocycles. The monoisotopic (exact) mass is 251 g/mol. The second-order valence-corrected chi connectivity index (χ2v) is 6.82. The molecule has 0 bridgehead atoms. The lowest BCUT2D eigenvalue weighted by Gasteiger charge is -2.45. The maximum atomic E-state index is 6.02. The first kappa shape index (κ1) is 13.6. The minimum Gasteiger partial charge on any atom is -0.413 e. The quantitative estimate of drug-likeness (QED) is 0.664. The molecule has 0 aliphatic heterocycles. The highest BCUT2D eigenvalue weighted by molar-refractivity contribution is 5.98. The minimum atomic E-state index is 0.137. The van der Waals surface area contributed by atoms with Crippen molar-refractivity contribution in [3.8, 4) is 0 Å². The van der Waals surface area contributed by atoms with Gasteiger partial charge in [-0.1, -0.05) is 39.5 Å². The Morgan fingerprint density at radius 1 is 1.00 bits per heavy atom. The fourth-order valence-corrected chi connectivity index (χ4v) is 4.76. The lowest BCUT2D eigenvalue weighted by atomic mass is 9.71. The van der Waals surface area contributed by atoms with Crippen molar-refractivity contribution in [1.29, 1.82) is 0 Å². The van der Waals surface area contributed by atoms with Crippen LogP contribution in [0.15, 0.2) is 0 Å². The van der Waals surface area contributed by atoms with Crippen LogP contribution in [0, 0.1) is 17.8 Å². The van der Waals surface area contributed by atoms with Crippen molar-refractivity contribution in [1.82, 2.24) is 0 Å². The molecule has 0 aromatic heterocycles. The zero-order chi connectivity index (χ0) is 12.3. The zero-order valence-electron chi connectivity index (χ0n) is 11.5. The van der Waals surface area contributed by atoms with Crippen LogP contribution >= 0.6 is 0 Å². The summed E-state index contributed by atoms with van der Waals surface area (Å²) in [7, 11) is 3.47. The minimum absolute atomic E-state index is 0.137. The Balaban J connectivity index is 2.17. The van der Waals surface area contributed by atoms with E-state index in [4.69, 9.17) is 4.43 Å². The van der Waals surface area contributed by atoms with Crippen molar-refractivity contribution < 1.29 is 4.43 Å². The molecule has 17 heavy (non-hydrogen) atoms. The Kier molecular flexibility index (Phi) is 4.70. The van der Waals surface area contributed by atoms with E-state index in [1.54, 1.807) is 0 Å². The van der Waals surface area contributed by atoms with Crippen LogP contribution in [0.3, 0.4) is 0 Å². The molecule has 2 fully saturated rings. The molecule has 0 saturated heterocycles. The third kappa shape index (κ3) is 2.78. The molecule has 0 atom stereocenters. The molecule has 2 rings (SSSR count). The van der Waals surface area contributed by atoms with Crippen LogP contribution in [0.1, 0.15) is 71.6 Å². The average Bonchev–Trinajstić information content (AvgIpc) is 2.97. The molecular weight excluding hydrogens is 224 g/mol. The average molecular weight is 251 g/mol. The Hall–Kier alpha value is 0.177. The summed E-state index contributed by atoms with van der Waals surface area (Å²) in [4.78, 5) is 0. The van der Waals surface area contributed by atoms with Gasteiger partial charge in [-0.05, 0) is 49.9 Å². The molecule has 0 spiro atoms. The predicted molar refractivity (Wildman–Crippen MR) is 72.9 cm³/mol. The van der Waals surface area contributed by atoms with Gasteiger partial charge in [-0.15, -0.1) is 0 Å². The topological polar surface area (TPSA) is 9.23 Å². The van der Waals surface area contributed by atoms with Crippen LogP contribution in [-0.2, 0) is 4.43 Å². The van der Waals surface area contributed by atoms with Crippen molar-refractivity contribution in [2.45, 2.75) is 77.2 Å². The third-order valence-corrected chi connectivity index (χ3v) is 5.39. The lowest BCUT2D eigenvalue weighted by molar-refractivity contribution is -0.0528. The summed E-state index contributed by atoms with van der Waals surface area (Å²) < 4.78 is 6.02. The molecule has 1 nitrogen and oxygen atoms in total. The van der Waals surface area contributed by atoms with Gasteiger partial charge in [-0.25, -0.2) is 0 Å². The van der Waals surface area contributed by atoms with Crippen molar-refractivity contribution in [3.05, 3.63) is 0 Å². The van der Waals surface area contributed by atoms with E-state index in [0.29, 0.717) is 0 Å². The summed E-state index contributed by atoms with van der Waals surface area (Å²) in [5, 5.41) is 0. The lowest BCUT2D eigenvalue weighted by Crippen LogP contribution is -2.46. The van der Waals surface area contributed by atoms with E-state index in [1.807, 2.05) is 0 Å². The number of hydrogen-bond acceptors (Lipinski definition) is 1. The van der Waals surface area contributed by atoms with Gasteiger partial charge in [-0.3, -0.25) is 0 Å². The predicted octanol–water partition coefficient (Wildman–Crippen LogP) is 4.25. The van der Waals surface area contributed by atoms with Crippen LogP contribution in [0.5, 0.6) is 0 Å². The van der Waals surface area contributed by atoms with Gasteiger partial charge in [0.2, 0.25) is 10.5 Å². The van der Waals surface area contributed by atoms with Gasteiger partial charge in [-0.2, -0.15) is 0 Å². The molecule has 0 aromatic rings. The molecular formula is C15H27OSi. The van der Waals surface area contributed by atoms with Crippen molar-refractivity contribution >= 4 is 10.5 Å². The third-order valence-electron chi connectivity index (χ3n) is 5.01. The van der Waals surface area contributed by atoms with Gasteiger partial charge in [0.25, 0.3) is 0 Å². The molecule has 0 aromatic carbocycles. The summed E-state index contributed by atoms with van der Waals surface area (Å²) >= 11 is 0. The largest absolute Gasteiger partial charge is 0.413 e. The van der Waals surface area contributed by atoms with Crippen LogP contribution in [0.4, 0.5) is 0 Å². The molecule has 2 saturated carbocycles. The van der Waals surface area contributed by atoms with Crippen molar-refractivity contribution in [2.75, 3.05) is 0 Å². The first-order chi connectivity index (χ1) is 8.19. The van der Waals surface area contributed by atoms with Crippen LogP contribution in [0.25, 0.3) is 0 Å². The van der Waals surface area contributed by atoms with E-state index in [1.165, 1.54) is 57.8 Å². The standard InChI is InChI=1S/C15H27OSi/c1-12(2)11-15(16-17,13-7-3-4-8-13)14-9-5-6-10-14/h12-14H,3-11H2,1-2H3. The summed E-state index contributed by atoms with van der Waals surface area (Å²) in [5.41, 5.74) is 0.137. The molecule has 0 N–H and O–H groups in total. The Morgan fingerprint density at radius 3 is 1.71 bits per heavy atom. The van der Waals surface area contributed by atoms with Gasteiger partial charge in [0, 0.05) is 0 Å². The van der Waals surface area contributed by atoms with E-state index in [0.717, 1.165) is 17.8 Å². The molecule has 3 radical (unpaired) electrons. The second-order valence-electron chi connectivity index (χ2n) is 6.62. The Morgan fingerprint density at radius 2 is 1.41 bits per heavy atom. The van der Waals surface area contributed by atoms with E-state index in [9.17, 15) is 0 Å². The highest BCUT2D eigenvalue weighted by Crippen LogP contribution is 2.49. The van der Waals surface area contributed by atoms with Gasteiger partial charge in [0.15, 0.2) is 0 Å². The Labute approximate surface area is 110 Å². The van der Waals surface area contributed by atoms with E-state index < -0.39 is 0 Å². The Bertz CT molecular complexity index is 211. The van der Waals surface area contributed by atoms with Crippen molar-refractivity contribution in [3.63, 3.8) is 0 Å². The number of hydrogen-bond donors (Lipinski definition) is 0. The van der Waals surface area contributed by atoms with Crippen molar-refractivity contribution in [2.24, 2.45) is 17.8 Å². The summed E-state index contributed by atoms with van der Waals surface area (Å²) in [5.74, 6) is 2.32. The highest BCUT2D eigenvalue weighted by atomic mass is 28.2. The van der Waals surface area contributed by atoms with Gasteiger partial charge < -0.3 is 4.43 Å². The van der Waals surface area contributed by atoms with Gasteiger partial charge >= 0.3 is 0 Å². The fraction of sp³-hybridized carbons (Fsp3) is 1.00. The summed E-state index contributed by atoms with van der Waals surface area (Å²) in [6.45, 7) is 4.67. The normalized spacial score (nSPS) is 24.0. The van der Waals surface area contributed by atoms with E-state index >= 15 is 0 Å². The smallest absolute Gasteiger partial charge is 0.247 e. The zero-order valence-corrected chi connectivity index (χ0v) is 12.5. The van der Waals surface area contributed by atoms with Crippen LogP contribution < -0.4 is 0 Å². The second kappa shape index (κ2) is 5.88. The van der Waals surface area contributed by atoms with Gasteiger partial charge in [0.05, 0.1) is 5.60 Å². The van der Waals surface area contributed by atoms with Gasteiger partial charge in [0.1, 0.15) is 0 Å². The molecule has 2 heteroatoms. The maximum absolute atomic E-state index is 6.02. The van der Waals surface area contributed by atoms with E-state index in [-0.39, 0.29) is 5.60 Å². The molecule has 0 amide bonds. The molecule has 97 valence electrons. The maximum Gasteiger partial charge on any atom is 0.247 e. The first-order valence-electron chi connectivity index (χ1n) is 7.54. The van der Waals surface area contributed by atoms with Crippen LogP contribution in [-0.4, -0.2) is 16.1 Å². The highest BCUT2D eigenvalue weighted by Gasteiger charge is 2.46. The SMILES string of the molecule is CC(C)CC(O[Si])(C1CCCC1)C1CCCC1.